The van der Waals surface area contributed by atoms with Crippen LogP contribution in [0.3, 0.4) is 0 Å². The normalized spacial score (nSPS) is 11.1. The summed E-state index contributed by atoms with van der Waals surface area (Å²) in [6, 6.07) is 0. The summed E-state index contributed by atoms with van der Waals surface area (Å²) in [7, 11) is 0. The van der Waals surface area contributed by atoms with E-state index in [1.54, 1.807) is 0 Å². The van der Waals surface area contributed by atoms with Crippen LogP contribution in [0.2, 0.25) is 0 Å². The van der Waals surface area contributed by atoms with Gasteiger partial charge in [0.05, 0.1) is 0 Å². The molecule has 0 aliphatic carbocycles. The molecule has 0 N–H and O–H groups in total. The van der Waals surface area contributed by atoms with Gasteiger partial charge in [-0.2, -0.15) is 0 Å². The first kappa shape index (κ1) is 47.2. The smallest absolute Gasteiger partial charge is 0.782 e. The third-order valence-corrected chi connectivity index (χ3v) is 5.68. The Labute approximate surface area is 260 Å². The zero-order chi connectivity index (χ0) is 28.5. The van der Waals surface area contributed by atoms with Crippen molar-refractivity contribution < 1.29 is 19.1 Å². The molecule has 0 aromatic rings. The van der Waals surface area contributed by atoms with Crippen LogP contribution in [0.25, 0.3) is 0 Å². The van der Waals surface area contributed by atoms with Crippen molar-refractivity contribution in [2.75, 3.05) is 11.5 Å². The Bertz CT molecular complexity index is 384. The molecule has 0 aromatic heterocycles. The SMILES string of the molecule is CCCCCC(CC)OC(=O)C[S-].CCCCCC(CC)OC(=O)C[S-].[CH2]CCCC.[CH2]CCCC.[Sn+2]. The largest absolute Gasteiger partial charge is 2.00 e. The summed E-state index contributed by atoms with van der Waals surface area (Å²) in [5.41, 5.74) is 0. The number of rotatable bonds is 18. The van der Waals surface area contributed by atoms with Gasteiger partial charge in [-0.15, -0.1) is 0 Å². The molecule has 0 saturated carbocycles. The summed E-state index contributed by atoms with van der Waals surface area (Å²) >= 11 is 9.20. The number of unbranched alkanes of at least 4 members (excludes halogenated alkanes) is 8. The summed E-state index contributed by atoms with van der Waals surface area (Å²) in [6.45, 7) is 20.1. The molecule has 4 nitrogen and oxygen atoms in total. The van der Waals surface area contributed by atoms with Crippen LogP contribution in [0, 0.1) is 13.8 Å². The molecule has 2 atom stereocenters. The predicted octanol–water partition coefficient (Wildman–Crippen LogP) is 8.51. The summed E-state index contributed by atoms with van der Waals surface area (Å²) in [4.78, 5) is 21.8. The molecule has 220 valence electrons. The minimum atomic E-state index is -0.252. The van der Waals surface area contributed by atoms with Crippen molar-refractivity contribution in [2.45, 2.75) is 156 Å². The van der Waals surface area contributed by atoms with Gasteiger partial charge in [0.15, 0.2) is 0 Å². The van der Waals surface area contributed by atoms with Crippen molar-refractivity contribution in [3.8, 4) is 0 Å². The fourth-order valence-electron chi connectivity index (χ4n) is 2.88. The predicted molar refractivity (Wildman–Crippen MR) is 169 cm³/mol. The topological polar surface area (TPSA) is 52.6 Å². The average molecular weight is 668 g/mol. The Balaban J connectivity index is -0.000000133. The molecule has 0 aliphatic rings. The van der Waals surface area contributed by atoms with Crippen LogP contribution < -0.4 is 0 Å². The monoisotopic (exact) mass is 668 g/mol. The zero-order valence-corrected chi connectivity index (χ0v) is 29.7. The molecule has 0 bridgehead atoms. The van der Waals surface area contributed by atoms with Gasteiger partial charge in [-0.05, 0) is 38.5 Å². The molecule has 4 radical (unpaired) electrons. The summed E-state index contributed by atoms with van der Waals surface area (Å²) < 4.78 is 10.3. The van der Waals surface area contributed by atoms with Crippen molar-refractivity contribution in [2.24, 2.45) is 0 Å². The number of carbonyl (C=O) groups excluding carboxylic acids is 2. The van der Waals surface area contributed by atoms with Crippen molar-refractivity contribution in [3.05, 3.63) is 13.8 Å². The third-order valence-electron chi connectivity index (χ3n) is 5.21. The van der Waals surface area contributed by atoms with Gasteiger partial charge in [0.1, 0.15) is 12.2 Å². The second-order valence-electron chi connectivity index (χ2n) is 8.73. The molecule has 0 rings (SSSR count). The fourth-order valence-corrected chi connectivity index (χ4v) is 3.01. The van der Waals surface area contributed by atoms with E-state index in [0.717, 1.165) is 51.4 Å². The van der Waals surface area contributed by atoms with E-state index in [9.17, 15) is 9.59 Å². The van der Waals surface area contributed by atoms with Crippen LogP contribution in [0.4, 0.5) is 0 Å². The molecule has 0 fully saturated rings. The van der Waals surface area contributed by atoms with Gasteiger partial charge in [0.25, 0.3) is 11.9 Å². The van der Waals surface area contributed by atoms with Crippen LogP contribution in [0.5, 0.6) is 0 Å². The molecular formula is C30H60O4S2Sn. The summed E-state index contributed by atoms with van der Waals surface area (Å²) in [6.07, 6.45) is 18.3. The summed E-state index contributed by atoms with van der Waals surface area (Å²) in [5, 5.41) is 0. The van der Waals surface area contributed by atoms with E-state index >= 15 is 0 Å². The molecule has 0 spiro atoms. The van der Waals surface area contributed by atoms with Crippen molar-refractivity contribution in [3.63, 3.8) is 0 Å². The van der Waals surface area contributed by atoms with Gasteiger partial charge in [0.2, 0.25) is 0 Å². The van der Waals surface area contributed by atoms with Crippen molar-refractivity contribution in [1.82, 2.24) is 0 Å². The van der Waals surface area contributed by atoms with Gasteiger partial charge in [-0.25, -0.2) is 0 Å². The van der Waals surface area contributed by atoms with E-state index in [-0.39, 0.29) is 59.6 Å². The van der Waals surface area contributed by atoms with Gasteiger partial charge in [-0.3, -0.25) is 9.59 Å². The van der Waals surface area contributed by atoms with Crippen LogP contribution in [-0.4, -0.2) is 59.6 Å². The van der Waals surface area contributed by atoms with E-state index in [4.69, 9.17) is 9.47 Å². The molecule has 0 heterocycles. The number of hydrogen-bond donors (Lipinski definition) is 0. The maximum absolute atomic E-state index is 10.9. The molecule has 37 heavy (non-hydrogen) atoms. The van der Waals surface area contributed by atoms with Gasteiger partial charge in [0, 0.05) is 0 Å². The molecular weight excluding hydrogens is 607 g/mol. The second kappa shape index (κ2) is 43.5. The van der Waals surface area contributed by atoms with Crippen LogP contribution in [0.1, 0.15) is 144 Å². The molecule has 2 unspecified atom stereocenters. The van der Waals surface area contributed by atoms with E-state index in [2.05, 4.69) is 66.8 Å². The second-order valence-corrected chi connectivity index (χ2v) is 9.31. The Morgan fingerprint density at radius 2 is 0.892 bits per heavy atom. The molecule has 0 amide bonds. The van der Waals surface area contributed by atoms with Crippen LogP contribution in [-0.2, 0) is 44.3 Å². The maximum atomic E-state index is 10.9. The standard InChI is InChI=1S/2C10H20O2S.2C5H11.Sn/c2*1-3-5-6-7-9(4-2)12-10(11)8-13;2*1-3-5-4-2;/h2*9,13H,3-8H2,1-2H3;2*1,3-5H2,2H3;/q;;;;+2/p-2. The number of hydrogen-bond acceptors (Lipinski definition) is 6. The Kier molecular flexibility index (Phi) is 55.5. The first-order valence-corrected chi connectivity index (χ1v) is 15.6. The van der Waals surface area contributed by atoms with Crippen molar-refractivity contribution in [1.29, 1.82) is 0 Å². The van der Waals surface area contributed by atoms with E-state index in [1.807, 2.05) is 13.8 Å². The molecule has 0 aliphatic heterocycles. The minimum absolute atomic E-state index is 0. The Morgan fingerprint density at radius 3 is 1.05 bits per heavy atom. The average Bonchev–Trinajstić information content (AvgIpc) is 2.89. The van der Waals surface area contributed by atoms with E-state index < -0.39 is 0 Å². The third kappa shape index (κ3) is 46.6. The van der Waals surface area contributed by atoms with Gasteiger partial charge >= 0.3 is 23.9 Å². The Morgan fingerprint density at radius 1 is 0.595 bits per heavy atom. The molecule has 7 heteroatoms. The minimum Gasteiger partial charge on any atom is -0.782 e. The van der Waals surface area contributed by atoms with Crippen molar-refractivity contribution >= 4 is 61.1 Å². The number of carbonyl (C=O) groups is 2. The van der Waals surface area contributed by atoms with Crippen LogP contribution in [0.15, 0.2) is 0 Å². The first-order chi connectivity index (χ1) is 17.3. The number of esters is 2. The van der Waals surface area contributed by atoms with Gasteiger partial charge < -0.3 is 34.7 Å². The Hall–Kier alpha value is 0.439. The summed E-state index contributed by atoms with van der Waals surface area (Å²) in [5.74, 6) is -0.356. The maximum Gasteiger partial charge on any atom is 2.00 e. The first-order valence-electron chi connectivity index (χ1n) is 14.4. The molecule has 0 aromatic carbocycles. The van der Waals surface area contributed by atoms with E-state index in [0.29, 0.717) is 0 Å². The molecule has 0 saturated heterocycles. The van der Waals surface area contributed by atoms with E-state index in [1.165, 1.54) is 51.4 Å². The quantitative estimate of drug-likeness (QED) is 0.0633. The van der Waals surface area contributed by atoms with Gasteiger partial charge in [-0.1, -0.05) is 131 Å². The number of ether oxygens (including phenoxy) is 2. The fraction of sp³-hybridized carbons (Fsp3) is 0.867. The zero-order valence-electron chi connectivity index (χ0n) is 25.2. The van der Waals surface area contributed by atoms with Crippen LogP contribution >= 0.6 is 0 Å².